The molecular formula is C22H19N5. The first-order valence-corrected chi connectivity index (χ1v) is 8.92. The van der Waals surface area contributed by atoms with Crippen molar-refractivity contribution in [1.82, 2.24) is 0 Å². The van der Waals surface area contributed by atoms with Crippen molar-refractivity contribution in [3.8, 4) is 0 Å². The molecule has 27 heavy (non-hydrogen) atoms. The van der Waals surface area contributed by atoms with Crippen molar-refractivity contribution < 1.29 is 0 Å². The highest BCUT2D eigenvalue weighted by Gasteiger charge is 2.36. The second-order valence-electron chi connectivity index (χ2n) is 6.42. The van der Waals surface area contributed by atoms with Crippen LogP contribution in [0.2, 0.25) is 0 Å². The van der Waals surface area contributed by atoms with E-state index in [2.05, 4.69) is 39.2 Å². The predicted molar refractivity (Wildman–Crippen MR) is 109 cm³/mol. The van der Waals surface area contributed by atoms with Gasteiger partial charge in [-0.15, -0.1) is 0 Å². The van der Waals surface area contributed by atoms with Gasteiger partial charge >= 0.3 is 0 Å². The summed E-state index contributed by atoms with van der Waals surface area (Å²) < 4.78 is 0. The fourth-order valence-corrected chi connectivity index (χ4v) is 3.32. The molecule has 1 aliphatic rings. The van der Waals surface area contributed by atoms with Gasteiger partial charge in [0.15, 0.2) is 0 Å². The van der Waals surface area contributed by atoms with Crippen LogP contribution in [0.25, 0.3) is 10.4 Å². The third kappa shape index (κ3) is 3.68. The highest BCUT2D eigenvalue weighted by atomic mass is 15.3. The van der Waals surface area contributed by atoms with Gasteiger partial charge in [-0.3, -0.25) is 0 Å². The Morgan fingerprint density at radius 2 is 1.56 bits per heavy atom. The summed E-state index contributed by atoms with van der Waals surface area (Å²) in [5, 5.41) is 3.62. The zero-order chi connectivity index (χ0) is 18.5. The van der Waals surface area contributed by atoms with E-state index in [0.717, 1.165) is 29.2 Å². The van der Waals surface area contributed by atoms with Gasteiger partial charge in [-0.1, -0.05) is 65.8 Å². The number of rotatable bonds is 5. The monoisotopic (exact) mass is 353 g/mol. The molecule has 0 aliphatic carbocycles. The first-order chi connectivity index (χ1) is 13.3. The molecule has 1 aliphatic heterocycles. The second kappa shape index (κ2) is 7.77. The van der Waals surface area contributed by atoms with E-state index < -0.39 is 0 Å². The minimum atomic E-state index is 0.253. The van der Waals surface area contributed by atoms with E-state index in [0.29, 0.717) is 6.54 Å². The van der Waals surface area contributed by atoms with Crippen molar-refractivity contribution in [2.24, 2.45) is 10.1 Å². The van der Waals surface area contributed by atoms with Gasteiger partial charge in [0.2, 0.25) is 0 Å². The number of hydrogen-bond donors (Lipinski definition) is 0. The summed E-state index contributed by atoms with van der Waals surface area (Å²) in [6.45, 7) is 0.380. The van der Waals surface area contributed by atoms with Crippen LogP contribution in [0.15, 0.2) is 95.0 Å². The number of azide groups is 1. The molecule has 3 aromatic rings. The molecule has 3 aromatic carbocycles. The average Bonchev–Trinajstić information content (AvgIpc) is 2.71. The molecule has 0 radical (unpaired) electrons. The van der Waals surface area contributed by atoms with Crippen LogP contribution >= 0.6 is 0 Å². The first-order valence-electron chi connectivity index (χ1n) is 8.92. The quantitative estimate of drug-likeness (QED) is 0.307. The van der Waals surface area contributed by atoms with Crippen molar-refractivity contribution in [1.29, 1.82) is 0 Å². The topological polar surface area (TPSA) is 64.4 Å². The summed E-state index contributed by atoms with van der Waals surface area (Å²) in [5.41, 5.74) is 12.8. The molecule has 1 atom stereocenters. The fourth-order valence-electron chi connectivity index (χ4n) is 3.32. The predicted octanol–water partition coefficient (Wildman–Crippen LogP) is 6.18. The summed E-state index contributed by atoms with van der Waals surface area (Å²) in [7, 11) is 0. The van der Waals surface area contributed by atoms with Crippen LogP contribution in [0.4, 0.5) is 11.4 Å². The minimum Gasteiger partial charge on any atom is -0.322 e. The van der Waals surface area contributed by atoms with E-state index in [9.17, 15) is 0 Å². The van der Waals surface area contributed by atoms with E-state index in [1.807, 2.05) is 60.7 Å². The number of nitrogens with zero attached hydrogens (tertiary/aromatic N) is 5. The van der Waals surface area contributed by atoms with Crippen LogP contribution in [0.1, 0.15) is 23.6 Å². The van der Waals surface area contributed by atoms with Crippen LogP contribution < -0.4 is 4.90 Å². The normalized spacial score (nSPS) is 17.3. The lowest BCUT2D eigenvalue weighted by Crippen LogP contribution is -2.46. The molecule has 1 saturated heterocycles. The van der Waals surface area contributed by atoms with Crippen molar-refractivity contribution >= 4 is 17.2 Å². The summed E-state index contributed by atoms with van der Waals surface area (Å²) in [6, 6.07) is 28.9. The molecular weight excluding hydrogens is 334 g/mol. The van der Waals surface area contributed by atoms with E-state index in [1.165, 1.54) is 5.56 Å². The van der Waals surface area contributed by atoms with Crippen LogP contribution in [0, 0.1) is 0 Å². The molecule has 132 valence electrons. The number of aliphatic imine (C=N–C) groups is 1. The summed E-state index contributed by atoms with van der Waals surface area (Å²) in [5.74, 6) is 1.07. The molecule has 0 saturated carbocycles. The Balaban J connectivity index is 1.63. The molecule has 0 spiro atoms. The highest BCUT2D eigenvalue weighted by molar-refractivity contribution is 6.06. The molecule has 1 unspecified atom stereocenters. The first kappa shape index (κ1) is 16.9. The Morgan fingerprint density at radius 1 is 0.889 bits per heavy atom. The number of anilines is 1. The molecule has 0 amide bonds. The Hall–Kier alpha value is -3.56. The maximum Gasteiger partial charge on any atom is 0.112 e. The summed E-state index contributed by atoms with van der Waals surface area (Å²) in [4.78, 5) is 9.95. The van der Waals surface area contributed by atoms with Crippen LogP contribution in [0.5, 0.6) is 0 Å². The Kier molecular flexibility index (Phi) is 4.86. The van der Waals surface area contributed by atoms with E-state index in [1.54, 1.807) is 0 Å². The van der Waals surface area contributed by atoms with Crippen molar-refractivity contribution in [2.45, 2.75) is 19.0 Å². The Morgan fingerprint density at radius 3 is 2.22 bits per heavy atom. The van der Waals surface area contributed by atoms with Gasteiger partial charge < -0.3 is 4.90 Å². The standard InChI is InChI=1S/C22H19N5/c23-26-24-16-17-11-13-18(14-12-17)21-15-22(25-19-7-3-1-4-8-19)27(21)20-9-5-2-6-10-20/h1-14,21H,15-16H2/b25-22+. The number of para-hydroxylation sites is 2. The third-order valence-electron chi connectivity index (χ3n) is 4.70. The maximum atomic E-state index is 8.47. The number of hydrogen-bond acceptors (Lipinski definition) is 2. The maximum absolute atomic E-state index is 8.47. The molecule has 5 heteroatoms. The molecule has 1 fully saturated rings. The largest absolute Gasteiger partial charge is 0.322 e. The molecule has 0 aromatic heterocycles. The number of benzene rings is 3. The zero-order valence-electron chi connectivity index (χ0n) is 14.8. The molecule has 0 N–H and O–H groups in total. The van der Waals surface area contributed by atoms with Gasteiger partial charge in [0.25, 0.3) is 0 Å². The molecule has 5 nitrogen and oxygen atoms in total. The SMILES string of the molecule is [N-]=[N+]=NCc1ccc(C2C/C(=N\c3ccccc3)N2c2ccccc2)cc1. The van der Waals surface area contributed by atoms with Gasteiger partial charge in [-0.25, -0.2) is 4.99 Å². The Labute approximate surface area is 158 Å². The fraction of sp³-hybridized carbons (Fsp3) is 0.136. The van der Waals surface area contributed by atoms with E-state index in [-0.39, 0.29) is 6.04 Å². The van der Waals surface area contributed by atoms with Gasteiger partial charge in [0, 0.05) is 17.0 Å². The molecule has 0 bridgehead atoms. The van der Waals surface area contributed by atoms with Gasteiger partial charge in [0.1, 0.15) is 5.84 Å². The van der Waals surface area contributed by atoms with Gasteiger partial charge in [-0.2, -0.15) is 0 Å². The number of amidine groups is 1. The lowest BCUT2D eigenvalue weighted by Gasteiger charge is -2.44. The van der Waals surface area contributed by atoms with Crippen molar-refractivity contribution in [3.63, 3.8) is 0 Å². The lowest BCUT2D eigenvalue weighted by molar-refractivity contribution is 0.652. The van der Waals surface area contributed by atoms with Crippen LogP contribution in [-0.4, -0.2) is 5.84 Å². The van der Waals surface area contributed by atoms with Crippen molar-refractivity contribution in [2.75, 3.05) is 4.90 Å². The highest BCUT2D eigenvalue weighted by Crippen LogP contribution is 2.40. The van der Waals surface area contributed by atoms with Gasteiger partial charge in [-0.05, 0) is 40.9 Å². The smallest absolute Gasteiger partial charge is 0.112 e. The zero-order valence-corrected chi connectivity index (χ0v) is 14.8. The minimum absolute atomic E-state index is 0.253. The lowest BCUT2D eigenvalue weighted by atomic mass is 9.91. The summed E-state index contributed by atoms with van der Waals surface area (Å²) >= 11 is 0. The summed E-state index contributed by atoms with van der Waals surface area (Å²) in [6.07, 6.45) is 0.888. The second-order valence-corrected chi connectivity index (χ2v) is 6.42. The average molecular weight is 353 g/mol. The van der Waals surface area contributed by atoms with E-state index >= 15 is 0 Å². The molecule has 1 heterocycles. The third-order valence-corrected chi connectivity index (χ3v) is 4.70. The Bertz CT molecular complexity index is 974. The van der Waals surface area contributed by atoms with Gasteiger partial charge in [0.05, 0.1) is 18.3 Å². The van der Waals surface area contributed by atoms with Crippen LogP contribution in [0.3, 0.4) is 0 Å². The van der Waals surface area contributed by atoms with E-state index in [4.69, 9.17) is 10.5 Å². The van der Waals surface area contributed by atoms with Crippen LogP contribution in [-0.2, 0) is 6.54 Å². The van der Waals surface area contributed by atoms with Crippen molar-refractivity contribution in [3.05, 3.63) is 106 Å². The molecule has 4 rings (SSSR count).